The molecule has 0 aromatic heterocycles. The van der Waals surface area contributed by atoms with Gasteiger partial charge < -0.3 is 89.9 Å². The summed E-state index contributed by atoms with van der Waals surface area (Å²) in [6.45, 7) is 1.57. The minimum Gasteiger partial charge on any atom is -0.394 e. The van der Waals surface area contributed by atoms with Crippen molar-refractivity contribution in [3.05, 3.63) is 85.1 Å². The number of ether oxygens (including phenoxy) is 6. The number of hydrogen-bond acceptors (Lipinski definition) is 18. The maximum atomic E-state index is 13.3. The Bertz CT molecular complexity index is 1940. The van der Waals surface area contributed by atoms with Crippen LogP contribution in [0.4, 0.5) is 0 Å². The van der Waals surface area contributed by atoms with Crippen LogP contribution in [0.5, 0.6) is 0 Å². The van der Waals surface area contributed by atoms with Gasteiger partial charge in [0.25, 0.3) is 0 Å². The van der Waals surface area contributed by atoms with E-state index in [-0.39, 0.29) is 18.9 Å². The van der Waals surface area contributed by atoms with E-state index in [0.29, 0.717) is 12.8 Å². The second-order valence-corrected chi connectivity index (χ2v) is 24.3. The van der Waals surface area contributed by atoms with Crippen LogP contribution in [0.1, 0.15) is 219 Å². The van der Waals surface area contributed by atoms with Gasteiger partial charge in [0.15, 0.2) is 18.9 Å². The lowest BCUT2D eigenvalue weighted by molar-refractivity contribution is -0.379. The summed E-state index contributed by atoms with van der Waals surface area (Å²) < 4.78 is 34.3. The van der Waals surface area contributed by atoms with Gasteiger partial charge in [-0.25, -0.2) is 0 Å². The molecule has 3 aliphatic heterocycles. The zero-order valence-electron chi connectivity index (χ0n) is 54.1. The molecule has 17 atom stereocenters. The standard InChI is InChI=1S/C70H121NO18/c1-3-5-7-9-11-13-15-17-19-21-23-24-25-26-27-28-30-31-33-35-37-39-41-43-45-47-54(75)53(71-58(76)48-46-44-42-40-38-36-34-32-29-22-20-18-16-14-12-10-8-6-4-2)52-84-68-64(82)61(79)66(56(50-73)86-68)89-70-65(83)62(80)67(57(51-74)87-70)88-69-63(81)60(78)59(77)55(49-72)85-69/h6,8,12,14,18,20,29,32,36,38,42,44-45,47,53-57,59-70,72-75,77-83H,3-5,7,9-11,13,15-17,19,21-28,30-31,33-35,37,39-41,43,46,48-52H2,1-2H3,(H,71,76)/b8-6-,14-12-,20-18-,32-29-,38-36-,44-42-,47-45+. The van der Waals surface area contributed by atoms with Crippen LogP contribution < -0.4 is 5.32 Å². The summed E-state index contributed by atoms with van der Waals surface area (Å²) >= 11 is 0. The Labute approximate surface area is 533 Å². The summed E-state index contributed by atoms with van der Waals surface area (Å²) in [6.07, 6.45) is 38.6. The highest BCUT2D eigenvalue weighted by Gasteiger charge is 2.53. The fourth-order valence-electron chi connectivity index (χ4n) is 11.2. The minimum atomic E-state index is -1.99. The van der Waals surface area contributed by atoms with Gasteiger partial charge in [-0.1, -0.05) is 240 Å². The third kappa shape index (κ3) is 33.6. The van der Waals surface area contributed by atoms with Gasteiger partial charge in [0.1, 0.15) is 73.2 Å². The monoisotopic (exact) mass is 1260 g/mol. The lowest BCUT2D eigenvalue weighted by Crippen LogP contribution is -2.66. The van der Waals surface area contributed by atoms with E-state index in [1.54, 1.807) is 6.08 Å². The number of aliphatic hydroxyl groups is 11. The molecular formula is C70H121NO18. The van der Waals surface area contributed by atoms with E-state index in [9.17, 15) is 61.0 Å². The van der Waals surface area contributed by atoms with E-state index in [4.69, 9.17) is 28.4 Å². The van der Waals surface area contributed by atoms with Crippen LogP contribution in [-0.4, -0.2) is 193 Å². The summed E-state index contributed by atoms with van der Waals surface area (Å²) in [5.74, 6) is -0.359. The fourth-order valence-corrected chi connectivity index (χ4v) is 11.2. The second-order valence-electron chi connectivity index (χ2n) is 24.3. The molecule has 1 amide bonds. The van der Waals surface area contributed by atoms with Crippen molar-refractivity contribution in [2.45, 2.75) is 324 Å². The van der Waals surface area contributed by atoms with Crippen molar-refractivity contribution >= 4 is 5.91 Å². The van der Waals surface area contributed by atoms with Crippen LogP contribution in [0, 0.1) is 0 Å². The molecule has 0 spiro atoms. The number of rotatable bonds is 51. The quantitative estimate of drug-likeness (QED) is 0.0200. The van der Waals surface area contributed by atoms with E-state index in [1.807, 2.05) is 18.2 Å². The SMILES string of the molecule is CC/C=C\C/C=C\C/C=C\C/C=C\C/C=C\C/C=C\CCC(=O)NC(COC1OC(CO)C(OC2OC(CO)C(OC3OC(CO)C(O)C(O)C3O)C(O)C2O)C(O)C1O)C(O)/C=C/CCCCCCCCCCCCCCCCCCCCCCCCC. The normalized spacial score (nSPS) is 28.8. The number of allylic oxidation sites excluding steroid dienone is 13. The molecule has 17 unspecified atom stereocenters. The number of carbonyl (C=O) groups excluding carboxylic acids is 1. The molecule has 19 nitrogen and oxygen atoms in total. The van der Waals surface area contributed by atoms with Crippen molar-refractivity contribution in [1.82, 2.24) is 5.32 Å². The van der Waals surface area contributed by atoms with Crippen molar-refractivity contribution in [2.75, 3.05) is 26.4 Å². The molecule has 514 valence electrons. The smallest absolute Gasteiger partial charge is 0.220 e. The third-order valence-electron chi connectivity index (χ3n) is 16.7. The molecule has 3 fully saturated rings. The Kier molecular flexibility index (Phi) is 46.3. The van der Waals surface area contributed by atoms with Crippen LogP contribution in [-0.2, 0) is 33.2 Å². The average Bonchev–Trinajstić information content (AvgIpc) is 2.46. The first-order valence-corrected chi connectivity index (χ1v) is 34.3. The van der Waals surface area contributed by atoms with E-state index < -0.39 is 124 Å². The maximum Gasteiger partial charge on any atom is 0.220 e. The molecule has 3 rings (SSSR count). The van der Waals surface area contributed by atoms with Crippen molar-refractivity contribution in [2.24, 2.45) is 0 Å². The van der Waals surface area contributed by atoms with Gasteiger partial charge >= 0.3 is 0 Å². The third-order valence-corrected chi connectivity index (χ3v) is 16.7. The summed E-state index contributed by atoms with van der Waals surface area (Å²) in [5, 5.41) is 120. The van der Waals surface area contributed by atoms with Gasteiger partial charge in [0, 0.05) is 6.42 Å². The molecule has 0 aliphatic carbocycles. The highest BCUT2D eigenvalue weighted by Crippen LogP contribution is 2.33. The highest BCUT2D eigenvalue weighted by molar-refractivity contribution is 5.76. The number of unbranched alkanes of at least 4 members (excludes halogenated alkanes) is 23. The fraction of sp³-hybridized carbons (Fsp3) is 0.786. The maximum absolute atomic E-state index is 13.3. The van der Waals surface area contributed by atoms with Crippen LogP contribution in [0.15, 0.2) is 85.1 Å². The Morgan fingerprint density at radius 1 is 0.416 bits per heavy atom. The van der Waals surface area contributed by atoms with Gasteiger partial charge in [-0.05, 0) is 57.8 Å². The Morgan fingerprint density at radius 3 is 1.19 bits per heavy atom. The zero-order chi connectivity index (χ0) is 64.7. The first-order chi connectivity index (χ1) is 43.3. The molecule has 0 bridgehead atoms. The summed E-state index contributed by atoms with van der Waals surface area (Å²) in [4.78, 5) is 13.3. The Morgan fingerprint density at radius 2 is 0.775 bits per heavy atom. The Balaban J connectivity index is 1.47. The molecule has 0 aromatic rings. The molecular weight excluding hydrogens is 1140 g/mol. The lowest BCUT2D eigenvalue weighted by Gasteiger charge is -2.48. The summed E-state index contributed by atoms with van der Waals surface area (Å²) in [6, 6.07) is -1.02. The number of aliphatic hydroxyl groups excluding tert-OH is 11. The summed E-state index contributed by atoms with van der Waals surface area (Å²) in [5.41, 5.74) is 0. The van der Waals surface area contributed by atoms with Crippen LogP contribution in [0.2, 0.25) is 0 Å². The highest BCUT2D eigenvalue weighted by atomic mass is 16.8. The molecule has 3 heterocycles. The predicted octanol–water partition coefficient (Wildman–Crippen LogP) is 8.71. The first kappa shape index (κ1) is 80.2. The molecule has 0 saturated carbocycles. The van der Waals surface area contributed by atoms with Crippen LogP contribution in [0.25, 0.3) is 0 Å². The number of carbonyl (C=O) groups is 1. The molecule has 19 heteroatoms. The minimum absolute atomic E-state index is 0.114. The molecule has 0 aromatic carbocycles. The molecule has 12 N–H and O–H groups in total. The molecule has 89 heavy (non-hydrogen) atoms. The largest absolute Gasteiger partial charge is 0.394 e. The van der Waals surface area contributed by atoms with E-state index in [1.165, 1.54) is 128 Å². The van der Waals surface area contributed by atoms with Gasteiger partial charge in [0.2, 0.25) is 5.91 Å². The van der Waals surface area contributed by atoms with Crippen molar-refractivity contribution < 1.29 is 89.4 Å². The first-order valence-electron chi connectivity index (χ1n) is 34.3. The molecule has 3 aliphatic rings. The van der Waals surface area contributed by atoms with Crippen molar-refractivity contribution in [3.8, 4) is 0 Å². The number of hydrogen-bond donors (Lipinski definition) is 12. The number of amides is 1. The van der Waals surface area contributed by atoms with Crippen LogP contribution in [0.3, 0.4) is 0 Å². The Hall–Kier alpha value is -3.03. The van der Waals surface area contributed by atoms with Gasteiger partial charge in [-0.15, -0.1) is 0 Å². The number of nitrogens with one attached hydrogen (secondary N) is 1. The van der Waals surface area contributed by atoms with Gasteiger partial charge in [0.05, 0.1) is 38.6 Å². The predicted molar refractivity (Wildman–Crippen MR) is 346 cm³/mol. The van der Waals surface area contributed by atoms with E-state index >= 15 is 0 Å². The van der Waals surface area contributed by atoms with Crippen molar-refractivity contribution in [3.63, 3.8) is 0 Å². The van der Waals surface area contributed by atoms with Crippen molar-refractivity contribution in [1.29, 1.82) is 0 Å². The van der Waals surface area contributed by atoms with E-state index in [2.05, 4.69) is 79.9 Å². The average molecular weight is 1260 g/mol. The summed E-state index contributed by atoms with van der Waals surface area (Å²) in [7, 11) is 0. The topological polar surface area (TPSA) is 307 Å². The molecule has 0 radical (unpaired) electrons. The zero-order valence-corrected chi connectivity index (χ0v) is 54.1. The lowest BCUT2D eigenvalue weighted by atomic mass is 9.96. The van der Waals surface area contributed by atoms with Gasteiger partial charge in [-0.2, -0.15) is 0 Å². The molecule has 3 saturated heterocycles. The second kappa shape index (κ2) is 51.4. The van der Waals surface area contributed by atoms with Gasteiger partial charge in [-0.3, -0.25) is 4.79 Å². The van der Waals surface area contributed by atoms with E-state index in [0.717, 1.165) is 57.8 Å². The van der Waals surface area contributed by atoms with Crippen LogP contribution >= 0.6 is 0 Å².